The fourth-order valence-corrected chi connectivity index (χ4v) is 28.7. The zero-order valence-electron chi connectivity index (χ0n) is 86.2. The maximum absolute atomic E-state index is 11.1. The van der Waals surface area contributed by atoms with Gasteiger partial charge >= 0.3 is 0 Å². The van der Waals surface area contributed by atoms with Crippen LogP contribution in [0.4, 0.5) is 0 Å². The summed E-state index contributed by atoms with van der Waals surface area (Å²) in [6, 6.07) is 75.2. The average molecular weight is 1920 g/mol. The Hall–Kier alpha value is -10.3. The standard InChI is InChI=1S/C37H44O2S.C33H40O2S.C33H34OS.C28H32O/c1-36(2)21-19-25(20-22-36)28-15-9-10-16-29(28)30-17-18-33(38)32-23-34-35(24-31(30)32)40-37(39-34,26-11-5-3-6-12-26)27-13-7-4-8-14-27;1-7-32(8-2)17-15-23(16-18-32)24-11-9-10-12-25(24)26-13-14-29(34)28-20-31-30(19-27(26)28)35-33(36-31,21(3)4)22(5)6;1-22-12-11-13-23(2)33(22)35-32-21-29-28(18-19-31(34)30(29)20-24(32)3)27-17-10-9-16-26(27)25-14-7-5-4-6-8-15-25;1-5-28(6-2)15-13-21(14-16-28)22-9-7-8-10-23(22)24-11-12-27(29)26-18-20(4)19(3)17-25(24)26/h9-10,15-19,23-24,26-27,38H,3-8,11-14,20-22H2,1-2H3;9-15,19-22,34H,7-8,16-18H2,1-6H3;9-14,16-21,34H,4-8,15H2,1-3H3;7-13,17-18,29H,5-6,14-16H2,1-4H3/b;;25-14+;. The Bertz CT molecular complexity index is 6840. The number of phenols is 4. The summed E-state index contributed by atoms with van der Waals surface area (Å²) in [5, 5.41) is 51.4. The predicted octanol–water partition coefficient (Wildman–Crippen LogP) is 39.5. The van der Waals surface area contributed by atoms with E-state index >= 15 is 0 Å². The number of aryl methyl sites for hydroxylation is 5. The number of aromatic hydroxyl groups is 4. The number of ether oxygens (including phenoxy) is 2. The van der Waals surface area contributed by atoms with Crippen molar-refractivity contribution in [2.24, 2.45) is 39.9 Å². The van der Waals surface area contributed by atoms with Gasteiger partial charge in [0.15, 0.2) is 9.87 Å². The second-order valence-corrected chi connectivity index (χ2v) is 47.4. The molecule has 0 spiro atoms. The summed E-state index contributed by atoms with van der Waals surface area (Å²) < 4.78 is 13.9. The fourth-order valence-electron chi connectivity index (χ4n) is 24.6. The molecule has 6 aliphatic carbocycles. The van der Waals surface area contributed by atoms with Crippen molar-refractivity contribution in [3.05, 3.63) is 287 Å². The lowest BCUT2D eigenvalue weighted by molar-refractivity contribution is 0.0132. The first-order chi connectivity index (χ1) is 67.7. The molecule has 21 rings (SSSR count). The van der Waals surface area contributed by atoms with Crippen LogP contribution in [0.1, 0.15) is 306 Å². The quantitative estimate of drug-likeness (QED) is 0.0669. The van der Waals surface area contributed by atoms with Crippen LogP contribution in [0.25, 0.3) is 110 Å². The van der Waals surface area contributed by atoms with Crippen LogP contribution in [-0.2, 0) is 0 Å². The first-order valence-electron chi connectivity index (χ1n) is 53.4. The Morgan fingerprint density at radius 2 is 0.686 bits per heavy atom. The van der Waals surface area contributed by atoms with Gasteiger partial charge < -0.3 is 29.9 Å². The van der Waals surface area contributed by atoms with E-state index in [1.165, 1.54) is 267 Å². The largest absolute Gasteiger partial charge is 0.507 e. The molecule has 0 amide bonds. The molecule has 0 unspecified atom stereocenters. The van der Waals surface area contributed by atoms with Gasteiger partial charge in [-0.1, -0.05) is 351 Å². The molecule has 0 saturated heterocycles. The zero-order valence-corrected chi connectivity index (χ0v) is 88.6. The van der Waals surface area contributed by atoms with Crippen molar-refractivity contribution in [2.45, 2.75) is 320 Å². The number of hydrogen-bond donors (Lipinski definition) is 4. The maximum Gasteiger partial charge on any atom is 0.164 e. The van der Waals surface area contributed by atoms with Gasteiger partial charge in [-0.15, -0.1) is 0 Å². The van der Waals surface area contributed by atoms with Crippen LogP contribution in [0.3, 0.4) is 0 Å². The van der Waals surface area contributed by atoms with Crippen molar-refractivity contribution in [3.8, 4) is 79.0 Å². The number of benzene rings is 13. The van der Waals surface area contributed by atoms with E-state index in [4.69, 9.17) is 9.47 Å². The molecule has 2 fully saturated rings. The van der Waals surface area contributed by atoms with Crippen molar-refractivity contribution < 1.29 is 29.9 Å². The molecular weight excluding hydrogens is 1770 g/mol. The monoisotopic (exact) mass is 1920 g/mol. The van der Waals surface area contributed by atoms with Gasteiger partial charge in [0.05, 0.1) is 9.79 Å². The minimum absolute atomic E-state index is 0.145. The topological polar surface area (TPSA) is 99.4 Å². The molecule has 2 saturated carbocycles. The van der Waals surface area contributed by atoms with E-state index in [1.807, 2.05) is 59.6 Å². The van der Waals surface area contributed by atoms with Gasteiger partial charge in [-0.25, -0.2) is 0 Å². The van der Waals surface area contributed by atoms with Crippen molar-refractivity contribution >= 4 is 101 Å². The molecule has 140 heavy (non-hydrogen) atoms. The Balaban J connectivity index is 0.000000124. The van der Waals surface area contributed by atoms with Gasteiger partial charge in [0.25, 0.3) is 0 Å². The van der Waals surface area contributed by atoms with Crippen molar-refractivity contribution in [1.29, 1.82) is 0 Å². The second-order valence-electron chi connectivity index (χ2n) is 43.8. The molecule has 9 heteroatoms. The van der Waals surface area contributed by atoms with Crippen molar-refractivity contribution in [3.63, 3.8) is 0 Å². The summed E-state index contributed by atoms with van der Waals surface area (Å²) in [4.78, 5) is 4.52. The average Bonchev–Trinajstić information content (AvgIpc) is 1.58. The Labute approximate surface area is 849 Å². The number of phenolic OH excluding ortho intramolecular Hbond substituents is 4. The summed E-state index contributed by atoms with van der Waals surface area (Å²) in [6.45, 7) is 33.8. The molecular formula is C131H150O6S3. The molecule has 6 nitrogen and oxygen atoms in total. The van der Waals surface area contributed by atoms with Crippen LogP contribution in [-0.4, -0.2) is 30.3 Å². The van der Waals surface area contributed by atoms with E-state index in [0.29, 0.717) is 62.9 Å². The number of fused-ring (bicyclic) bond motifs is 6. The molecule has 728 valence electrons. The Kier molecular flexibility index (Phi) is 30.5. The molecule has 0 radical (unpaired) electrons. The lowest BCUT2D eigenvalue weighted by Crippen LogP contribution is -2.47. The van der Waals surface area contributed by atoms with E-state index in [2.05, 4.69) is 316 Å². The third kappa shape index (κ3) is 20.3. The normalized spacial score (nSPS) is 18.6. The molecule has 0 aromatic heterocycles. The lowest BCUT2D eigenvalue weighted by Gasteiger charge is -2.45. The van der Waals surface area contributed by atoms with E-state index in [-0.39, 0.29) is 9.87 Å². The van der Waals surface area contributed by atoms with Gasteiger partial charge in [0.1, 0.15) is 34.5 Å². The SMILES string of the molecule is CC1(C)CC=C(c2ccccc2-c2ccc(O)c3cc4c(cc23)SC(C2CCCCC2)(C2CCCCC2)O4)CC1.CCC1(CC)CC=C(c2ccccc2-c2ccc(O)c3cc(C)c(C)cc23)CC1.CCC1(CC)CC=C(c2ccccc2-c2ccc(O)c3cc4c(cc23)OC(C(C)C)(C(C)C)S4)CC1.Cc1cc2c(O)ccc(-c3ccccc3/C3=C/CCCCCC3)c2cc1Sc1c(C)cccc1C. The predicted molar refractivity (Wildman–Crippen MR) is 601 cm³/mol. The highest BCUT2D eigenvalue weighted by Gasteiger charge is 2.53. The van der Waals surface area contributed by atoms with E-state index < -0.39 is 0 Å². The van der Waals surface area contributed by atoms with Crippen LogP contribution < -0.4 is 9.47 Å². The fraction of sp³-hybridized carbons (Fsp3) is 0.405. The molecule has 0 bridgehead atoms. The number of thioether (sulfide) groups is 2. The maximum atomic E-state index is 11.1. The third-order valence-corrected chi connectivity index (χ3v) is 39.1. The minimum Gasteiger partial charge on any atom is -0.507 e. The Morgan fingerprint density at radius 3 is 1.12 bits per heavy atom. The lowest BCUT2D eigenvalue weighted by atomic mass is 9.70. The first-order valence-corrected chi connectivity index (χ1v) is 55.9. The third-order valence-electron chi connectivity index (χ3n) is 34.1. The van der Waals surface area contributed by atoms with Crippen LogP contribution >= 0.6 is 35.3 Å². The van der Waals surface area contributed by atoms with Crippen molar-refractivity contribution in [2.75, 3.05) is 0 Å². The molecule has 13 aromatic carbocycles. The first kappa shape index (κ1) is 99.8. The summed E-state index contributed by atoms with van der Waals surface area (Å²) in [7, 11) is 0. The molecule has 2 heterocycles. The summed E-state index contributed by atoms with van der Waals surface area (Å²) >= 11 is 5.69. The van der Waals surface area contributed by atoms with Gasteiger partial charge in [0, 0.05) is 55.0 Å². The second kappa shape index (κ2) is 42.7. The van der Waals surface area contributed by atoms with E-state index in [0.717, 1.165) is 110 Å². The van der Waals surface area contributed by atoms with E-state index in [1.54, 1.807) is 0 Å². The minimum atomic E-state index is -0.286. The van der Waals surface area contributed by atoms with Crippen LogP contribution in [0.5, 0.6) is 34.5 Å². The summed E-state index contributed by atoms with van der Waals surface area (Å²) in [5.41, 5.74) is 28.6. The van der Waals surface area contributed by atoms with Crippen LogP contribution in [0.2, 0.25) is 0 Å². The number of hydrogen-bond acceptors (Lipinski definition) is 9. The number of allylic oxidation sites excluding steroid dienone is 8. The molecule has 0 atom stereocenters. The smallest absolute Gasteiger partial charge is 0.164 e. The zero-order chi connectivity index (χ0) is 97.9. The molecule has 2 aliphatic heterocycles. The highest BCUT2D eigenvalue weighted by molar-refractivity contribution is 8.01. The van der Waals surface area contributed by atoms with Gasteiger partial charge in [-0.3, -0.25) is 0 Å². The van der Waals surface area contributed by atoms with Gasteiger partial charge in [-0.2, -0.15) is 0 Å². The number of rotatable bonds is 18. The van der Waals surface area contributed by atoms with Crippen LogP contribution in [0, 0.1) is 74.5 Å². The molecule has 13 aromatic rings. The van der Waals surface area contributed by atoms with Crippen LogP contribution in [0.15, 0.2) is 256 Å². The van der Waals surface area contributed by atoms with Crippen molar-refractivity contribution in [1.82, 2.24) is 0 Å². The van der Waals surface area contributed by atoms with E-state index in [9.17, 15) is 20.4 Å². The summed E-state index contributed by atoms with van der Waals surface area (Å²) in [6.07, 6.45) is 46.2. The van der Waals surface area contributed by atoms with Gasteiger partial charge in [-0.05, 0) is 365 Å². The Morgan fingerprint density at radius 1 is 0.329 bits per heavy atom. The highest BCUT2D eigenvalue weighted by atomic mass is 32.2. The summed E-state index contributed by atoms with van der Waals surface area (Å²) in [5.74, 6) is 5.26. The van der Waals surface area contributed by atoms with Gasteiger partial charge in [0.2, 0.25) is 0 Å². The molecule has 4 N–H and O–H groups in total. The molecule has 8 aliphatic rings. The highest BCUT2D eigenvalue weighted by Crippen LogP contribution is 2.63.